The molecule has 144 valence electrons. The lowest BCUT2D eigenvalue weighted by molar-refractivity contribution is -0.119. The van der Waals surface area contributed by atoms with Crippen LogP contribution in [0.15, 0.2) is 30.5 Å². The smallest absolute Gasteiger partial charge is 0.255 e. The van der Waals surface area contributed by atoms with Crippen LogP contribution in [0.4, 0.5) is 11.5 Å². The zero-order valence-corrected chi connectivity index (χ0v) is 16.0. The molecule has 0 atom stereocenters. The number of methoxy groups -OCH3 is 1. The summed E-state index contributed by atoms with van der Waals surface area (Å²) in [5, 5.41) is 3.67. The highest BCUT2D eigenvalue weighted by Gasteiger charge is 2.14. The molecule has 1 aliphatic heterocycles. The van der Waals surface area contributed by atoms with Gasteiger partial charge in [-0.25, -0.2) is 4.98 Å². The van der Waals surface area contributed by atoms with Crippen LogP contribution in [0.25, 0.3) is 0 Å². The molecule has 27 heavy (non-hydrogen) atoms. The molecule has 3 rings (SSSR count). The van der Waals surface area contributed by atoms with Crippen molar-refractivity contribution in [3.8, 4) is 11.5 Å². The molecule has 3 N–H and O–H groups in total. The summed E-state index contributed by atoms with van der Waals surface area (Å²) >= 11 is 6.27. The van der Waals surface area contributed by atoms with Gasteiger partial charge < -0.3 is 25.4 Å². The largest absolute Gasteiger partial charge is 0.493 e. The van der Waals surface area contributed by atoms with E-state index >= 15 is 0 Å². The minimum Gasteiger partial charge on any atom is -0.493 e. The predicted molar refractivity (Wildman–Crippen MR) is 106 cm³/mol. The quantitative estimate of drug-likeness (QED) is 0.720. The molecule has 1 saturated heterocycles. The van der Waals surface area contributed by atoms with Gasteiger partial charge in [0.2, 0.25) is 0 Å². The molecule has 1 amide bonds. The van der Waals surface area contributed by atoms with E-state index in [1.54, 1.807) is 12.1 Å². The zero-order chi connectivity index (χ0) is 19.2. The lowest BCUT2D eigenvalue weighted by Gasteiger charge is -2.17. The van der Waals surface area contributed by atoms with Gasteiger partial charge in [0.25, 0.3) is 5.91 Å². The van der Waals surface area contributed by atoms with Crippen LogP contribution in [0, 0.1) is 0 Å². The van der Waals surface area contributed by atoms with E-state index in [2.05, 4.69) is 15.2 Å². The molecule has 0 radical (unpaired) electrons. The molecule has 2 aromatic rings. The number of aromatic nitrogens is 1. The number of halogens is 1. The first-order chi connectivity index (χ1) is 13.1. The van der Waals surface area contributed by atoms with Gasteiger partial charge in [0.05, 0.1) is 24.0 Å². The Labute approximate surface area is 163 Å². The van der Waals surface area contributed by atoms with E-state index in [9.17, 15) is 4.79 Å². The summed E-state index contributed by atoms with van der Waals surface area (Å²) in [7, 11) is 1.51. The molecular weight excluding hydrogens is 368 g/mol. The molecule has 1 aliphatic rings. The number of benzene rings is 1. The van der Waals surface area contributed by atoms with Crippen LogP contribution in [0.3, 0.4) is 0 Å². The van der Waals surface area contributed by atoms with Crippen molar-refractivity contribution in [1.29, 1.82) is 0 Å². The summed E-state index contributed by atoms with van der Waals surface area (Å²) in [5.74, 6) is 1.18. The van der Waals surface area contributed by atoms with Crippen LogP contribution in [-0.2, 0) is 11.3 Å². The van der Waals surface area contributed by atoms with Gasteiger partial charge in [0.15, 0.2) is 18.1 Å². The van der Waals surface area contributed by atoms with Crippen molar-refractivity contribution in [3.05, 3.63) is 41.0 Å². The average Bonchev–Trinajstić information content (AvgIpc) is 3.20. The second-order valence-corrected chi connectivity index (χ2v) is 6.72. The van der Waals surface area contributed by atoms with Crippen molar-refractivity contribution in [2.45, 2.75) is 19.4 Å². The van der Waals surface area contributed by atoms with Crippen molar-refractivity contribution >= 4 is 29.0 Å². The van der Waals surface area contributed by atoms with Gasteiger partial charge in [-0.3, -0.25) is 4.79 Å². The van der Waals surface area contributed by atoms with E-state index in [0.29, 0.717) is 23.1 Å². The summed E-state index contributed by atoms with van der Waals surface area (Å²) in [6.07, 6.45) is 4.28. The summed E-state index contributed by atoms with van der Waals surface area (Å²) < 4.78 is 10.7. The Balaban J connectivity index is 1.64. The van der Waals surface area contributed by atoms with Gasteiger partial charge in [-0.2, -0.15) is 0 Å². The van der Waals surface area contributed by atoms with Gasteiger partial charge in [-0.15, -0.1) is 0 Å². The third-order valence-corrected chi connectivity index (χ3v) is 4.60. The number of hydrogen-bond donors (Lipinski definition) is 2. The minimum absolute atomic E-state index is 0.261. The molecule has 0 saturated carbocycles. The molecule has 8 heteroatoms. The summed E-state index contributed by atoms with van der Waals surface area (Å²) in [6, 6.07) is 7.62. The van der Waals surface area contributed by atoms with Gasteiger partial charge in [0, 0.05) is 19.6 Å². The van der Waals surface area contributed by atoms with Gasteiger partial charge in [-0.1, -0.05) is 11.6 Å². The number of rotatable bonds is 8. The van der Waals surface area contributed by atoms with E-state index in [0.717, 1.165) is 30.2 Å². The Kier molecular flexibility index (Phi) is 6.24. The lowest BCUT2D eigenvalue weighted by atomic mass is 10.2. The third-order valence-electron chi connectivity index (χ3n) is 4.32. The number of ether oxygens (including phenoxy) is 2. The molecule has 1 aromatic heterocycles. The molecule has 0 bridgehead atoms. The van der Waals surface area contributed by atoms with Crippen LogP contribution in [0.5, 0.6) is 11.5 Å². The normalized spacial score (nSPS) is 13.5. The first-order valence-corrected chi connectivity index (χ1v) is 9.17. The van der Waals surface area contributed by atoms with Crippen molar-refractivity contribution in [2.75, 3.05) is 37.0 Å². The van der Waals surface area contributed by atoms with Crippen LogP contribution < -0.4 is 25.4 Å². The Morgan fingerprint density at radius 1 is 1.33 bits per heavy atom. The van der Waals surface area contributed by atoms with E-state index in [1.807, 2.05) is 18.3 Å². The predicted octanol–water partition coefficient (Wildman–Crippen LogP) is 2.82. The Morgan fingerprint density at radius 2 is 2.11 bits per heavy atom. The maximum absolute atomic E-state index is 10.9. The van der Waals surface area contributed by atoms with Crippen LogP contribution in [-0.4, -0.2) is 37.7 Å². The summed E-state index contributed by atoms with van der Waals surface area (Å²) in [4.78, 5) is 17.7. The first kappa shape index (κ1) is 19.1. The second kappa shape index (κ2) is 8.81. The zero-order valence-electron chi connectivity index (χ0n) is 15.2. The summed E-state index contributed by atoms with van der Waals surface area (Å²) in [6.45, 7) is 2.42. The van der Waals surface area contributed by atoms with Gasteiger partial charge in [0.1, 0.15) is 5.82 Å². The molecule has 2 heterocycles. The first-order valence-electron chi connectivity index (χ1n) is 8.79. The van der Waals surface area contributed by atoms with E-state index in [1.165, 1.54) is 20.0 Å². The topological polar surface area (TPSA) is 89.7 Å². The molecule has 0 aliphatic carbocycles. The fourth-order valence-electron chi connectivity index (χ4n) is 2.99. The number of anilines is 2. The summed E-state index contributed by atoms with van der Waals surface area (Å²) in [5.41, 5.74) is 6.94. The number of nitrogens with zero attached hydrogens (tertiary/aromatic N) is 2. The standard InChI is InChI=1S/C19H23ClN4O3/c1-26-16-9-13(8-15(20)19(16)27-12-17(21)25)10-22-14-4-5-18(23-11-14)24-6-2-3-7-24/h4-5,8-9,11,22H,2-3,6-7,10,12H2,1H3,(H2,21,25). The monoisotopic (exact) mass is 390 g/mol. The highest BCUT2D eigenvalue weighted by Crippen LogP contribution is 2.36. The number of hydrogen-bond acceptors (Lipinski definition) is 6. The second-order valence-electron chi connectivity index (χ2n) is 6.32. The molecule has 1 fully saturated rings. The third kappa shape index (κ3) is 4.95. The number of carbonyl (C=O) groups is 1. The number of pyridine rings is 1. The molecule has 0 spiro atoms. The maximum Gasteiger partial charge on any atom is 0.255 e. The number of carbonyl (C=O) groups excluding carboxylic acids is 1. The van der Waals surface area contributed by atoms with E-state index < -0.39 is 5.91 Å². The van der Waals surface area contributed by atoms with Crippen LogP contribution >= 0.6 is 11.6 Å². The number of nitrogens with two attached hydrogens (primary N) is 1. The maximum atomic E-state index is 10.9. The van der Waals surface area contributed by atoms with Crippen molar-refractivity contribution in [2.24, 2.45) is 5.73 Å². The van der Waals surface area contributed by atoms with Crippen LogP contribution in [0.1, 0.15) is 18.4 Å². The number of primary amides is 1. The fourth-order valence-corrected chi connectivity index (χ4v) is 3.27. The number of amides is 1. The number of nitrogens with one attached hydrogen (secondary N) is 1. The van der Waals surface area contributed by atoms with E-state index in [-0.39, 0.29) is 6.61 Å². The molecule has 7 nitrogen and oxygen atoms in total. The Hall–Kier alpha value is -2.67. The molecule has 1 aromatic carbocycles. The minimum atomic E-state index is -0.580. The van der Waals surface area contributed by atoms with Crippen LogP contribution in [0.2, 0.25) is 5.02 Å². The van der Waals surface area contributed by atoms with Crippen molar-refractivity contribution in [3.63, 3.8) is 0 Å². The molecular formula is C19H23ClN4O3. The highest BCUT2D eigenvalue weighted by atomic mass is 35.5. The SMILES string of the molecule is COc1cc(CNc2ccc(N3CCCC3)nc2)cc(Cl)c1OCC(N)=O. The Morgan fingerprint density at radius 3 is 2.74 bits per heavy atom. The average molecular weight is 391 g/mol. The highest BCUT2D eigenvalue weighted by molar-refractivity contribution is 6.32. The van der Waals surface area contributed by atoms with Crippen molar-refractivity contribution < 1.29 is 14.3 Å². The van der Waals surface area contributed by atoms with E-state index in [4.69, 9.17) is 26.8 Å². The van der Waals surface area contributed by atoms with Gasteiger partial charge in [-0.05, 0) is 42.7 Å². The van der Waals surface area contributed by atoms with Crippen molar-refractivity contribution in [1.82, 2.24) is 4.98 Å². The molecule has 0 unspecified atom stereocenters. The Bertz CT molecular complexity index is 792. The van der Waals surface area contributed by atoms with Gasteiger partial charge >= 0.3 is 0 Å². The lowest BCUT2D eigenvalue weighted by Crippen LogP contribution is -2.20. The fraction of sp³-hybridized carbons (Fsp3) is 0.368.